The summed E-state index contributed by atoms with van der Waals surface area (Å²) in [6.45, 7) is 18.9. The molecule has 262 valence electrons. The summed E-state index contributed by atoms with van der Waals surface area (Å²) in [7, 11) is 0. The van der Waals surface area contributed by atoms with E-state index in [0.717, 1.165) is 8.26 Å². The molecule has 0 fully saturated rings. The summed E-state index contributed by atoms with van der Waals surface area (Å²) in [5.41, 5.74) is 14.6. The van der Waals surface area contributed by atoms with Crippen molar-refractivity contribution < 1.29 is 18.3 Å². The summed E-state index contributed by atoms with van der Waals surface area (Å²) >= 11 is -4.68. The van der Waals surface area contributed by atoms with Crippen LogP contribution in [0.1, 0.15) is 89.7 Å². The van der Waals surface area contributed by atoms with Crippen molar-refractivity contribution in [2.24, 2.45) is 0 Å². The van der Waals surface area contributed by atoms with Gasteiger partial charge in [-0.15, -0.1) is 0 Å². The minimum absolute atomic E-state index is 0.0419. The molecule has 8 rings (SSSR count). The van der Waals surface area contributed by atoms with Crippen LogP contribution in [-0.2, 0) is 37.4 Å². The summed E-state index contributed by atoms with van der Waals surface area (Å²) in [4.78, 5) is 0. The zero-order valence-electron chi connectivity index (χ0n) is 32.5. The zero-order chi connectivity index (χ0) is 36.7. The van der Waals surface area contributed by atoms with Crippen molar-refractivity contribution in [2.75, 3.05) is 0 Å². The van der Waals surface area contributed by atoms with Crippen LogP contribution in [0.3, 0.4) is 0 Å². The van der Waals surface area contributed by atoms with Gasteiger partial charge in [0.15, 0.2) is 0 Å². The van der Waals surface area contributed by atoms with Crippen LogP contribution in [-0.4, -0.2) is 4.21 Å². The SMILES string of the molecule is [CH2]=[Zr]([CH2]c1cccc2ccccc12)([CH2]c1cccc2ccccc12)([CH]1C=CC=C1)[CH]1c2cc(C)c(C(C)(C)C)cc2-c2cc(C(C)(C)C)c(C)cc21. The molecule has 2 aliphatic carbocycles. The zero-order valence-corrected chi connectivity index (χ0v) is 34.9. The maximum atomic E-state index is 5.98. The third-order valence-corrected chi connectivity index (χ3v) is 29.9. The number of fused-ring (bicyclic) bond motifs is 5. The van der Waals surface area contributed by atoms with E-state index in [9.17, 15) is 0 Å². The van der Waals surface area contributed by atoms with Crippen molar-refractivity contribution in [3.8, 4) is 11.1 Å². The van der Waals surface area contributed by atoms with Gasteiger partial charge in [-0.1, -0.05) is 0 Å². The van der Waals surface area contributed by atoms with Gasteiger partial charge in [0.05, 0.1) is 0 Å². The van der Waals surface area contributed by atoms with Gasteiger partial charge in [-0.3, -0.25) is 0 Å². The third kappa shape index (κ3) is 5.62. The molecule has 0 nitrogen and oxygen atoms in total. The van der Waals surface area contributed by atoms with Crippen LogP contribution in [0.2, 0.25) is 3.63 Å². The van der Waals surface area contributed by atoms with E-state index in [-0.39, 0.29) is 14.5 Å². The van der Waals surface area contributed by atoms with Crippen molar-refractivity contribution in [2.45, 2.75) is 81.7 Å². The van der Waals surface area contributed by atoms with Gasteiger partial charge in [-0.25, -0.2) is 0 Å². The molecular formula is C51H54Zr. The molecule has 2 aliphatic rings. The fraction of sp³-hybridized carbons (Fsp3) is 0.275. The number of hydrogen-bond acceptors (Lipinski definition) is 0. The molecular weight excluding hydrogens is 704 g/mol. The Kier molecular flexibility index (Phi) is 8.32. The first kappa shape index (κ1) is 35.1. The molecule has 0 heterocycles. The normalized spacial score (nSPS) is 15.2. The van der Waals surface area contributed by atoms with Crippen LogP contribution in [0.15, 0.2) is 133 Å². The van der Waals surface area contributed by atoms with E-state index in [1.165, 1.54) is 77.2 Å². The first-order valence-corrected chi connectivity index (χ1v) is 27.3. The Balaban J connectivity index is 1.52. The summed E-state index contributed by atoms with van der Waals surface area (Å²) in [6, 6.07) is 42.4. The second kappa shape index (κ2) is 12.3. The molecule has 0 aliphatic heterocycles. The molecule has 0 atom stereocenters. The monoisotopic (exact) mass is 756 g/mol. The Hall–Kier alpha value is -3.93. The van der Waals surface area contributed by atoms with E-state index >= 15 is 0 Å². The van der Waals surface area contributed by atoms with E-state index in [1.807, 2.05) is 0 Å². The molecule has 0 N–H and O–H groups in total. The molecule has 0 saturated carbocycles. The standard InChI is InChI=1S/C23H29.2C11H9.C5H5.CH2.Zr/c1-14-9-16-11-17-10-15(2)21(23(6,7)8)13-19(17)18(16)12-20(14)22(3,4)5;2*1-9-5-4-7-10-6-2-3-8-11(9)10;1-2-4-5-3-1;;/h9-13H,1-8H3;2*2-8H,1H2;1-5H;1H2;. The summed E-state index contributed by atoms with van der Waals surface area (Å²) < 4.78 is 8.56. The van der Waals surface area contributed by atoms with Crippen molar-refractivity contribution in [3.63, 3.8) is 0 Å². The van der Waals surface area contributed by atoms with Gasteiger partial charge < -0.3 is 0 Å². The van der Waals surface area contributed by atoms with Crippen LogP contribution >= 0.6 is 0 Å². The number of benzene rings is 6. The van der Waals surface area contributed by atoms with E-state index in [4.69, 9.17) is 4.21 Å². The van der Waals surface area contributed by atoms with Crippen LogP contribution in [0.25, 0.3) is 32.7 Å². The Morgan fingerprint density at radius 1 is 0.538 bits per heavy atom. The van der Waals surface area contributed by atoms with Crippen LogP contribution in [0, 0.1) is 13.8 Å². The molecule has 0 saturated heterocycles. The van der Waals surface area contributed by atoms with Gasteiger partial charge in [0.1, 0.15) is 0 Å². The average molecular weight is 758 g/mol. The van der Waals surface area contributed by atoms with Gasteiger partial charge >= 0.3 is 315 Å². The van der Waals surface area contributed by atoms with Crippen LogP contribution in [0.4, 0.5) is 0 Å². The summed E-state index contributed by atoms with van der Waals surface area (Å²) in [6.07, 6.45) is 9.71. The topological polar surface area (TPSA) is 0 Å². The molecule has 0 bridgehead atoms. The van der Waals surface area contributed by atoms with E-state index in [0.29, 0.717) is 3.63 Å². The van der Waals surface area contributed by atoms with E-state index in [2.05, 4.69) is 189 Å². The van der Waals surface area contributed by atoms with E-state index in [1.54, 1.807) is 0 Å². The molecule has 0 unspecified atom stereocenters. The molecule has 0 radical (unpaired) electrons. The summed E-state index contributed by atoms with van der Waals surface area (Å²) in [5, 5.41) is 5.37. The Labute approximate surface area is 312 Å². The molecule has 52 heavy (non-hydrogen) atoms. The summed E-state index contributed by atoms with van der Waals surface area (Å²) in [5.74, 6) is 0. The van der Waals surface area contributed by atoms with Crippen molar-refractivity contribution in [3.05, 3.63) is 178 Å². The Morgan fingerprint density at radius 3 is 1.37 bits per heavy atom. The average Bonchev–Trinajstić information content (AvgIpc) is 3.75. The van der Waals surface area contributed by atoms with Crippen LogP contribution < -0.4 is 0 Å². The molecule has 0 aromatic heterocycles. The Bertz CT molecular complexity index is 2340. The fourth-order valence-electron chi connectivity index (χ4n) is 10.5. The van der Waals surface area contributed by atoms with Gasteiger partial charge in [0, 0.05) is 0 Å². The number of aryl methyl sites for hydroxylation is 2. The van der Waals surface area contributed by atoms with Crippen molar-refractivity contribution in [1.82, 2.24) is 0 Å². The molecule has 6 aromatic carbocycles. The fourth-order valence-corrected chi connectivity index (χ4v) is 28.7. The molecule has 0 amide bonds. The third-order valence-electron chi connectivity index (χ3n) is 12.8. The second-order valence-corrected chi connectivity index (χ2v) is 33.8. The van der Waals surface area contributed by atoms with Gasteiger partial charge in [-0.05, 0) is 0 Å². The molecule has 0 spiro atoms. The molecule has 1 heteroatoms. The van der Waals surface area contributed by atoms with E-state index < -0.39 is 18.3 Å². The van der Waals surface area contributed by atoms with Gasteiger partial charge in [0.2, 0.25) is 0 Å². The predicted molar refractivity (Wildman–Crippen MR) is 225 cm³/mol. The first-order valence-electron chi connectivity index (χ1n) is 19.3. The maximum absolute atomic E-state index is 5.98. The van der Waals surface area contributed by atoms with Gasteiger partial charge in [-0.2, -0.15) is 0 Å². The van der Waals surface area contributed by atoms with Crippen LogP contribution in [0.5, 0.6) is 0 Å². The van der Waals surface area contributed by atoms with Crippen molar-refractivity contribution >= 4 is 25.8 Å². The van der Waals surface area contributed by atoms with Crippen molar-refractivity contribution in [1.29, 1.82) is 0 Å². The number of rotatable bonds is 6. The second-order valence-electron chi connectivity index (χ2n) is 18.5. The Morgan fingerprint density at radius 2 is 0.942 bits per heavy atom. The number of hydrogen-bond donors (Lipinski definition) is 0. The predicted octanol–water partition coefficient (Wildman–Crippen LogP) is 13.7. The quantitative estimate of drug-likeness (QED) is 0.159. The van der Waals surface area contributed by atoms with Gasteiger partial charge in [0.25, 0.3) is 0 Å². The molecule has 6 aromatic rings. The minimum atomic E-state index is -4.68. The number of allylic oxidation sites excluding steroid dienone is 4. The first-order chi connectivity index (χ1) is 24.7.